The van der Waals surface area contributed by atoms with Gasteiger partial charge in [0.2, 0.25) is 0 Å². The maximum atomic E-state index is 4.31. The van der Waals surface area contributed by atoms with Crippen LogP contribution in [0.3, 0.4) is 0 Å². The van der Waals surface area contributed by atoms with Crippen molar-refractivity contribution >= 4 is 16.4 Å². The van der Waals surface area contributed by atoms with E-state index in [-0.39, 0.29) is 0 Å². The van der Waals surface area contributed by atoms with Crippen LogP contribution in [-0.4, -0.2) is 9.38 Å². The topological polar surface area (TPSA) is 17.3 Å². The summed E-state index contributed by atoms with van der Waals surface area (Å²) in [6.07, 6.45) is 5.81. The SMILES string of the molecule is c1ccc2c(c1)ccn1ccnc21. The lowest BCUT2D eigenvalue weighted by Gasteiger charge is -1.98. The minimum atomic E-state index is 1.03. The summed E-state index contributed by atoms with van der Waals surface area (Å²) in [4.78, 5) is 4.31. The van der Waals surface area contributed by atoms with Gasteiger partial charge >= 0.3 is 0 Å². The van der Waals surface area contributed by atoms with Crippen LogP contribution in [0, 0.1) is 0 Å². The Morgan fingerprint density at radius 1 is 1.00 bits per heavy atom. The molecular formula is C11H8N2. The number of hydrogen-bond donors (Lipinski definition) is 0. The molecule has 0 unspecified atom stereocenters. The number of nitrogens with zero attached hydrogens (tertiary/aromatic N) is 2. The summed E-state index contributed by atoms with van der Waals surface area (Å²) < 4.78 is 2.03. The average Bonchev–Trinajstić information content (AvgIpc) is 2.65. The van der Waals surface area contributed by atoms with Crippen molar-refractivity contribution in [2.75, 3.05) is 0 Å². The molecule has 0 aliphatic heterocycles. The molecular weight excluding hydrogens is 160 g/mol. The first-order valence-electron chi connectivity index (χ1n) is 4.25. The fraction of sp³-hybridized carbons (Fsp3) is 0. The molecule has 0 saturated heterocycles. The number of rotatable bonds is 0. The molecule has 0 aliphatic carbocycles. The van der Waals surface area contributed by atoms with Crippen LogP contribution in [0.2, 0.25) is 0 Å². The van der Waals surface area contributed by atoms with Gasteiger partial charge in [0, 0.05) is 24.0 Å². The maximum Gasteiger partial charge on any atom is 0.144 e. The van der Waals surface area contributed by atoms with Crippen molar-refractivity contribution in [3.05, 3.63) is 48.9 Å². The van der Waals surface area contributed by atoms with Gasteiger partial charge in [-0.15, -0.1) is 0 Å². The van der Waals surface area contributed by atoms with E-state index in [0.29, 0.717) is 0 Å². The van der Waals surface area contributed by atoms with Gasteiger partial charge in [-0.1, -0.05) is 24.3 Å². The normalized spacial score (nSPS) is 11.1. The van der Waals surface area contributed by atoms with E-state index in [9.17, 15) is 0 Å². The van der Waals surface area contributed by atoms with Gasteiger partial charge in [-0.05, 0) is 11.5 Å². The van der Waals surface area contributed by atoms with Crippen LogP contribution in [0.5, 0.6) is 0 Å². The zero-order valence-corrected chi connectivity index (χ0v) is 7.01. The third-order valence-electron chi connectivity index (χ3n) is 2.29. The smallest absolute Gasteiger partial charge is 0.144 e. The van der Waals surface area contributed by atoms with Crippen LogP contribution < -0.4 is 0 Å². The third kappa shape index (κ3) is 0.855. The van der Waals surface area contributed by atoms with Crippen molar-refractivity contribution in [2.45, 2.75) is 0 Å². The van der Waals surface area contributed by atoms with Gasteiger partial charge in [0.25, 0.3) is 0 Å². The van der Waals surface area contributed by atoms with Crippen LogP contribution in [0.1, 0.15) is 0 Å². The molecule has 0 spiro atoms. The predicted molar refractivity (Wildman–Crippen MR) is 52.7 cm³/mol. The largest absolute Gasteiger partial charge is 0.307 e. The molecule has 2 heteroatoms. The fourth-order valence-electron chi connectivity index (χ4n) is 1.65. The Morgan fingerprint density at radius 2 is 1.92 bits per heavy atom. The molecule has 0 saturated carbocycles. The quantitative estimate of drug-likeness (QED) is 0.504. The molecule has 0 amide bonds. The Kier molecular flexibility index (Phi) is 1.19. The molecule has 0 fully saturated rings. The van der Waals surface area contributed by atoms with E-state index in [1.165, 1.54) is 10.8 Å². The van der Waals surface area contributed by atoms with Crippen LogP contribution >= 0.6 is 0 Å². The van der Waals surface area contributed by atoms with Crippen molar-refractivity contribution in [3.8, 4) is 0 Å². The number of hydrogen-bond acceptors (Lipinski definition) is 1. The number of imidazole rings is 1. The van der Waals surface area contributed by atoms with E-state index in [2.05, 4.69) is 23.2 Å². The van der Waals surface area contributed by atoms with E-state index in [0.717, 1.165) is 5.65 Å². The second-order valence-corrected chi connectivity index (χ2v) is 3.06. The molecule has 3 rings (SSSR count). The average molecular weight is 168 g/mol. The Hall–Kier alpha value is -1.83. The molecule has 0 radical (unpaired) electrons. The minimum Gasteiger partial charge on any atom is -0.307 e. The van der Waals surface area contributed by atoms with Crippen molar-refractivity contribution in [3.63, 3.8) is 0 Å². The Labute approximate surface area is 75.5 Å². The monoisotopic (exact) mass is 168 g/mol. The van der Waals surface area contributed by atoms with E-state index < -0.39 is 0 Å². The van der Waals surface area contributed by atoms with Gasteiger partial charge in [-0.3, -0.25) is 0 Å². The highest BCUT2D eigenvalue weighted by atomic mass is 15.0. The van der Waals surface area contributed by atoms with Gasteiger partial charge in [-0.2, -0.15) is 0 Å². The summed E-state index contributed by atoms with van der Waals surface area (Å²) >= 11 is 0. The van der Waals surface area contributed by atoms with Crippen molar-refractivity contribution in [1.29, 1.82) is 0 Å². The zero-order chi connectivity index (χ0) is 8.67. The van der Waals surface area contributed by atoms with Crippen LogP contribution in [0.15, 0.2) is 48.9 Å². The third-order valence-corrected chi connectivity index (χ3v) is 2.29. The minimum absolute atomic E-state index is 1.03. The first-order chi connectivity index (χ1) is 6.45. The molecule has 2 aromatic heterocycles. The van der Waals surface area contributed by atoms with E-state index in [1.54, 1.807) is 0 Å². The Morgan fingerprint density at radius 3 is 2.92 bits per heavy atom. The number of fused-ring (bicyclic) bond motifs is 3. The molecule has 62 valence electrons. The predicted octanol–water partition coefficient (Wildman–Crippen LogP) is 2.49. The first kappa shape index (κ1) is 6.66. The van der Waals surface area contributed by atoms with Crippen molar-refractivity contribution < 1.29 is 0 Å². The van der Waals surface area contributed by atoms with Crippen molar-refractivity contribution in [1.82, 2.24) is 9.38 Å². The van der Waals surface area contributed by atoms with Gasteiger partial charge in [0.15, 0.2) is 0 Å². The molecule has 0 bridgehead atoms. The Bertz CT molecular complexity index is 566. The molecule has 0 atom stereocenters. The number of benzene rings is 1. The molecule has 2 heterocycles. The van der Waals surface area contributed by atoms with Crippen LogP contribution in [0.4, 0.5) is 0 Å². The van der Waals surface area contributed by atoms with Crippen LogP contribution in [-0.2, 0) is 0 Å². The summed E-state index contributed by atoms with van der Waals surface area (Å²) in [6, 6.07) is 10.4. The first-order valence-corrected chi connectivity index (χ1v) is 4.25. The van der Waals surface area contributed by atoms with Crippen LogP contribution in [0.25, 0.3) is 16.4 Å². The molecule has 13 heavy (non-hydrogen) atoms. The second kappa shape index (κ2) is 2.33. The summed E-state index contributed by atoms with van der Waals surface area (Å²) in [6.45, 7) is 0. The molecule has 0 N–H and O–H groups in total. The number of aromatic nitrogens is 2. The molecule has 3 aromatic rings. The molecule has 0 aliphatic rings. The fourth-order valence-corrected chi connectivity index (χ4v) is 1.65. The van der Waals surface area contributed by atoms with E-state index in [1.807, 2.05) is 35.1 Å². The van der Waals surface area contributed by atoms with E-state index in [4.69, 9.17) is 0 Å². The molecule has 2 nitrogen and oxygen atoms in total. The zero-order valence-electron chi connectivity index (χ0n) is 7.01. The Balaban J connectivity index is 2.65. The van der Waals surface area contributed by atoms with Crippen molar-refractivity contribution in [2.24, 2.45) is 0 Å². The highest BCUT2D eigenvalue weighted by molar-refractivity contribution is 5.93. The van der Waals surface area contributed by atoms with Gasteiger partial charge in [0.05, 0.1) is 0 Å². The maximum absolute atomic E-state index is 4.31. The van der Waals surface area contributed by atoms with Gasteiger partial charge < -0.3 is 4.40 Å². The van der Waals surface area contributed by atoms with Gasteiger partial charge in [-0.25, -0.2) is 4.98 Å². The van der Waals surface area contributed by atoms with E-state index >= 15 is 0 Å². The molecule has 1 aromatic carbocycles. The summed E-state index contributed by atoms with van der Waals surface area (Å²) in [7, 11) is 0. The number of pyridine rings is 1. The van der Waals surface area contributed by atoms with Gasteiger partial charge in [0.1, 0.15) is 5.65 Å². The second-order valence-electron chi connectivity index (χ2n) is 3.06. The summed E-state index contributed by atoms with van der Waals surface area (Å²) in [5.74, 6) is 0. The highest BCUT2D eigenvalue weighted by Gasteiger charge is 1.98. The lowest BCUT2D eigenvalue weighted by atomic mass is 10.2. The lowest BCUT2D eigenvalue weighted by Crippen LogP contribution is -1.83. The summed E-state index contributed by atoms with van der Waals surface area (Å²) in [5.41, 5.74) is 1.03. The highest BCUT2D eigenvalue weighted by Crippen LogP contribution is 2.17. The summed E-state index contributed by atoms with van der Waals surface area (Å²) in [5, 5.41) is 2.44. The standard InChI is InChI=1S/C11H8N2/c1-2-4-10-9(3-1)5-7-13-8-6-12-11(10)13/h1-8H. The lowest BCUT2D eigenvalue weighted by molar-refractivity contribution is 1.20.